The van der Waals surface area contributed by atoms with Crippen molar-refractivity contribution in [3.63, 3.8) is 0 Å². The lowest BCUT2D eigenvalue weighted by atomic mass is 9.99. The van der Waals surface area contributed by atoms with Crippen LogP contribution in [-0.4, -0.2) is 57.7 Å². The Morgan fingerprint density at radius 3 is 2.25 bits per heavy atom. The molecule has 0 unspecified atom stereocenters. The average molecular weight is 285 g/mol. The van der Waals surface area contributed by atoms with E-state index >= 15 is 0 Å². The van der Waals surface area contributed by atoms with E-state index in [-0.39, 0.29) is 0 Å². The molecule has 7 heteroatoms. The second kappa shape index (κ2) is 6.49. The minimum atomic E-state index is -1.45. The number of benzene rings is 1. The third-order valence-electron chi connectivity index (χ3n) is 3.26. The monoisotopic (exact) mass is 285 g/mol. The van der Waals surface area contributed by atoms with Gasteiger partial charge in [-0.2, -0.15) is 0 Å². The zero-order valence-corrected chi connectivity index (χ0v) is 10.8. The van der Waals surface area contributed by atoms with Gasteiger partial charge in [-0.05, 0) is 17.7 Å². The van der Waals surface area contributed by atoms with Crippen LogP contribution in [0.3, 0.4) is 0 Å². The molecule has 112 valence electrons. The van der Waals surface area contributed by atoms with E-state index in [1.165, 1.54) is 0 Å². The van der Waals surface area contributed by atoms with Gasteiger partial charge in [0.05, 0.1) is 6.61 Å². The maximum absolute atomic E-state index is 9.82. The van der Waals surface area contributed by atoms with Crippen molar-refractivity contribution in [1.29, 1.82) is 0 Å². The summed E-state index contributed by atoms with van der Waals surface area (Å²) in [6.45, 7) is -0.0861. The van der Waals surface area contributed by atoms with Crippen molar-refractivity contribution >= 4 is 0 Å². The van der Waals surface area contributed by atoms with Crippen LogP contribution in [0.5, 0.6) is 5.75 Å². The molecule has 1 heterocycles. The van der Waals surface area contributed by atoms with Crippen molar-refractivity contribution in [2.75, 3.05) is 6.61 Å². The summed E-state index contributed by atoms with van der Waals surface area (Å²) in [6, 6.07) is 6.84. The van der Waals surface area contributed by atoms with Crippen LogP contribution in [0.15, 0.2) is 24.3 Å². The number of hydrogen-bond acceptors (Lipinski definition) is 7. The number of nitrogens with two attached hydrogens (primary N) is 1. The molecule has 0 radical (unpaired) electrons. The number of ether oxygens (including phenoxy) is 2. The summed E-state index contributed by atoms with van der Waals surface area (Å²) >= 11 is 0. The molecule has 1 aliphatic heterocycles. The first-order valence-electron chi connectivity index (χ1n) is 6.33. The van der Waals surface area contributed by atoms with Crippen molar-refractivity contribution in [3.05, 3.63) is 29.8 Å². The van der Waals surface area contributed by atoms with Crippen LogP contribution in [0, 0.1) is 0 Å². The summed E-state index contributed by atoms with van der Waals surface area (Å²) in [6.07, 6.45) is -6.42. The van der Waals surface area contributed by atoms with Gasteiger partial charge in [-0.15, -0.1) is 0 Å². The fourth-order valence-electron chi connectivity index (χ4n) is 2.00. The first-order chi connectivity index (χ1) is 9.56. The van der Waals surface area contributed by atoms with E-state index in [1.54, 1.807) is 24.3 Å². The zero-order chi connectivity index (χ0) is 14.7. The molecule has 0 spiro atoms. The molecule has 1 aliphatic rings. The number of rotatable bonds is 4. The first-order valence-corrected chi connectivity index (χ1v) is 6.33. The van der Waals surface area contributed by atoms with E-state index in [0.717, 1.165) is 5.56 Å². The second-order valence-corrected chi connectivity index (χ2v) is 4.66. The van der Waals surface area contributed by atoms with Gasteiger partial charge in [-0.1, -0.05) is 12.1 Å². The third-order valence-corrected chi connectivity index (χ3v) is 3.26. The normalized spacial score (nSPS) is 34.0. The molecule has 0 saturated carbocycles. The molecule has 1 aromatic carbocycles. The van der Waals surface area contributed by atoms with Gasteiger partial charge in [0.25, 0.3) is 0 Å². The Labute approximate surface area is 116 Å². The molecule has 0 aromatic heterocycles. The predicted octanol–water partition coefficient (Wildman–Crippen LogP) is -1.68. The van der Waals surface area contributed by atoms with Gasteiger partial charge in [0.2, 0.25) is 6.29 Å². The maximum Gasteiger partial charge on any atom is 0.229 e. The van der Waals surface area contributed by atoms with Gasteiger partial charge in [-0.3, -0.25) is 0 Å². The van der Waals surface area contributed by atoms with Gasteiger partial charge in [0.15, 0.2) is 0 Å². The van der Waals surface area contributed by atoms with Crippen LogP contribution in [-0.2, 0) is 11.3 Å². The Hall–Kier alpha value is -1.22. The third kappa shape index (κ3) is 3.09. The summed E-state index contributed by atoms with van der Waals surface area (Å²) in [7, 11) is 0. The van der Waals surface area contributed by atoms with Gasteiger partial charge in [0, 0.05) is 6.54 Å². The van der Waals surface area contributed by atoms with Crippen molar-refractivity contribution in [3.8, 4) is 5.75 Å². The van der Waals surface area contributed by atoms with E-state index in [4.69, 9.17) is 20.3 Å². The Bertz CT molecular complexity index is 423. The molecular formula is C13H19NO6. The number of aliphatic hydroxyl groups is 4. The van der Waals surface area contributed by atoms with Crippen LogP contribution in [0.2, 0.25) is 0 Å². The summed E-state index contributed by atoms with van der Waals surface area (Å²) < 4.78 is 10.7. The minimum Gasteiger partial charge on any atom is -0.462 e. The van der Waals surface area contributed by atoms with E-state index in [1.807, 2.05) is 0 Å². The van der Waals surface area contributed by atoms with E-state index < -0.39 is 37.3 Å². The number of aliphatic hydroxyl groups excluding tert-OH is 4. The molecule has 6 N–H and O–H groups in total. The molecule has 2 rings (SSSR count). The second-order valence-electron chi connectivity index (χ2n) is 4.66. The van der Waals surface area contributed by atoms with Crippen LogP contribution < -0.4 is 10.5 Å². The lowest BCUT2D eigenvalue weighted by Crippen LogP contribution is -2.60. The minimum absolute atomic E-state index is 0.403. The topological polar surface area (TPSA) is 125 Å². The molecule has 7 nitrogen and oxygen atoms in total. The van der Waals surface area contributed by atoms with E-state index in [2.05, 4.69) is 0 Å². The van der Waals surface area contributed by atoms with Crippen LogP contribution >= 0.6 is 0 Å². The van der Waals surface area contributed by atoms with Gasteiger partial charge in [-0.25, -0.2) is 0 Å². The van der Waals surface area contributed by atoms with Crippen molar-refractivity contribution < 1.29 is 29.9 Å². The Balaban J connectivity index is 2.06. The van der Waals surface area contributed by atoms with Crippen molar-refractivity contribution in [2.45, 2.75) is 37.3 Å². The summed E-state index contributed by atoms with van der Waals surface area (Å²) in [4.78, 5) is 0. The maximum atomic E-state index is 9.82. The lowest BCUT2D eigenvalue weighted by molar-refractivity contribution is -0.277. The molecule has 0 aliphatic carbocycles. The molecule has 1 saturated heterocycles. The highest BCUT2D eigenvalue weighted by Crippen LogP contribution is 2.24. The summed E-state index contributed by atoms with van der Waals surface area (Å²) in [5.74, 6) is 0.423. The van der Waals surface area contributed by atoms with Crippen LogP contribution in [0.25, 0.3) is 0 Å². The van der Waals surface area contributed by atoms with Gasteiger partial charge >= 0.3 is 0 Å². The molecule has 5 atom stereocenters. The SMILES string of the molecule is NCc1ccc(O[C@@H]2O[C@H](CO)[C@@H](O)[C@H](O)[C@H]2O)cc1. The Morgan fingerprint density at radius 2 is 1.70 bits per heavy atom. The van der Waals surface area contributed by atoms with Crippen molar-refractivity contribution in [1.82, 2.24) is 0 Å². The largest absolute Gasteiger partial charge is 0.462 e. The predicted molar refractivity (Wildman–Crippen MR) is 68.7 cm³/mol. The van der Waals surface area contributed by atoms with Crippen molar-refractivity contribution in [2.24, 2.45) is 5.73 Å². The van der Waals surface area contributed by atoms with Gasteiger partial charge in [0.1, 0.15) is 30.2 Å². The van der Waals surface area contributed by atoms with Crippen LogP contribution in [0.4, 0.5) is 0 Å². The quantitative estimate of drug-likeness (QED) is 0.447. The average Bonchev–Trinajstić information content (AvgIpc) is 2.48. The summed E-state index contributed by atoms with van der Waals surface area (Å²) in [5.41, 5.74) is 6.40. The highest BCUT2D eigenvalue weighted by atomic mass is 16.7. The Kier molecular flexibility index (Phi) is 4.92. The first kappa shape index (κ1) is 15.2. The standard InChI is InChI=1S/C13H19NO6/c14-5-7-1-3-8(4-2-7)19-13-12(18)11(17)10(16)9(6-15)20-13/h1-4,9-13,15-18H,5-6,14H2/t9-,10-,11+,12-,13-/m1/s1. The fourth-order valence-corrected chi connectivity index (χ4v) is 2.00. The zero-order valence-electron chi connectivity index (χ0n) is 10.8. The molecule has 1 fully saturated rings. The molecular weight excluding hydrogens is 266 g/mol. The Morgan fingerprint density at radius 1 is 1.05 bits per heavy atom. The number of hydrogen-bond donors (Lipinski definition) is 5. The highest BCUT2D eigenvalue weighted by molar-refractivity contribution is 5.27. The molecule has 20 heavy (non-hydrogen) atoms. The molecule has 0 bridgehead atoms. The lowest BCUT2D eigenvalue weighted by Gasteiger charge is -2.39. The molecule has 1 aromatic rings. The van der Waals surface area contributed by atoms with E-state index in [0.29, 0.717) is 12.3 Å². The fraction of sp³-hybridized carbons (Fsp3) is 0.538. The highest BCUT2D eigenvalue weighted by Gasteiger charge is 2.44. The molecule has 0 amide bonds. The smallest absolute Gasteiger partial charge is 0.229 e. The summed E-state index contributed by atoms with van der Waals surface area (Å²) in [5, 5.41) is 38.2. The van der Waals surface area contributed by atoms with Crippen LogP contribution in [0.1, 0.15) is 5.56 Å². The van der Waals surface area contributed by atoms with E-state index in [9.17, 15) is 15.3 Å². The van der Waals surface area contributed by atoms with Gasteiger partial charge < -0.3 is 35.6 Å².